The highest BCUT2D eigenvalue weighted by atomic mass is 33.1. The number of ether oxygens (including phenoxy) is 2. The van der Waals surface area contributed by atoms with Crippen molar-refractivity contribution in [1.82, 2.24) is 16.0 Å². The Balaban J connectivity index is 1.30. The van der Waals surface area contributed by atoms with Gasteiger partial charge < -0.3 is 51.6 Å². The number of nitrogens with one attached hydrogen (secondary N) is 3. The number of aromatic hydroxyl groups is 1. The Morgan fingerprint density at radius 1 is 1.07 bits per heavy atom. The summed E-state index contributed by atoms with van der Waals surface area (Å²) in [5, 5.41) is 57.8. The minimum absolute atomic E-state index is 0.0146. The zero-order chi connectivity index (χ0) is 41.9. The van der Waals surface area contributed by atoms with Crippen LogP contribution in [0.3, 0.4) is 0 Å². The van der Waals surface area contributed by atoms with Gasteiger partial charge in [-0.1, -0.05) is 64.8 Å². The van der Waals surface area contributed by atoms with Gasteiger partial charge in [-0.3, -0.25) is 4.79 Å². The number of nitrogens with zero attached hydrogens (tertiary/aromatic N) is 1. The molecule has 3 fully saturated rings. The van der Waals surface area contributed by atoms with Crippen LogP contribution >= 0.6 is 21.6 Å². The highest BCUT2D eigenvalue weighted by Gasteiger charge is 2.50. The highest BCUT2D eigenvalue weighted by Crippen LogP contribution is 2.47. The third kappa shape index (κ3) is 9.63. The first-order valence-corrected chi connectivity index (χ1v) is 25.2. The van der Waals surface area contributed by atoms with E-state index in [0.29, 0.717) is 43.0 Å². The molecule has 11 atom stereocenters. The maximum absolute atomic E-state index is 12.9. The molecule has 8 aliphatic rings. The van der Waals surface area contributed by atoms with Crippen molar-refractivity contribution in [3.8, 4) is 23.3 Å². The van der Waals surface area contributed by atoms with E-state index in [1.165, 1.54) is 13.3 Å². The predicted octanol–water partition coefficient (Wildman–Crippen LogP) is 4.85. The third-order valence-electron chi connectivity index (χ3n) is 15.0. The molecule has 14 heteroatoms. The minimum Gasteiger partial charge on any atom is -0.504 e. The monoisotopic (exact) mass is 865 g/mol. The van der Waals surface area contributed by atoms with Crippen molar-refractivity contribution in [1.29, 1.82) is 0 Å². The number of benzene rings is 1. The van der Waals surface area contributed by atoms with Gasteiger partial charge in [0.1, 0.15) is 12.2 Å². The van der Waals surface area contributed by atoms with Crippen molar-refractivity contribution in [3.63, 3.8) is 0 Å². The Kier molecular flexibility index (Phi) is 13.9. The van der Waals surface area contributed by atoms with Gasteiger partial charge in [-0.05, 0) is 106 Å². The van der Waals surface area contributed by atoms with Crippen LogP contribution in [0.1, 0.15) is 114 Å². The molecule has 0 radical (unpaired) electrons. The van der Waals surface area contributed by atoms with E-state index in [0.717, 1.165) is 94.4 Å². The molecule has 9 rings (SSSR count). The van der Waals surface area contributed by atoms with Gasteiger partial charge in [0, 0.05) is 66.8 Å². The second-order valence-electron chi connectivity index (χ2n) is 19.0. The number of carbonyl (C=O) groups excluding carboxylic acids is 1. The van der Waals surface area contributed by atoms with Crippen molar-refractivity contribution < 1.29 is 34.7 Å². The lowest BCUT2D eigenvalue weighted by atomic mass is 9.64. The topological polar surface area (TPSA) is 191 Å². The van der Waals surface area contributed by atoms with Gasteiger partial charge in [0.05, 0.1) is 30.3 Å². The maximum atomic E-state index is 12.9. The number of phenols is 1. The fourth-order valence-corrected chi connectivity index (χ4v) is 14.4. The fraction of sp³-hybridized carbons (Fsp3) is 0.739. The molecule has 1 saturated heterocycles. The molecule has 9 N–H and O–H groups in total. The van der Waals surface area contributed by atoms with Crippen molar-refractivity contribution in [2.24, 2.45) is 33.9 Å². The molecule has 330 valence electrons. The Morgan fingerprint density at radius 3 is 2.73 bits per heavy atom. The number of aliphatic imine (C=N–C) groups is 1. The number of aliphatic hydroxyl groups excluding tert-OH is 3. The summed E-state index contributed by atoms with van der Waals surface area (Å²) < 4.78 is 13.0. The molecular formula is C46H67N5O7S2. The summed E-state index contributed by atoms with van der Waals surface area (Å²) in [6.07, 6.45) is 13.8. The third-order valence-corrected chi connectivity index (χ3v) is 17.5. The van der Waals surface area contributed by atoms with Gasteiger partial charge in [-0.25, -0.2) is 4.99 Å². The number of hydrogen-bond acceptors (Lipinski definition) is 14. The van der Waals surface area contributed by atoms with Crippen LogP contribution in [0.2, 0.25) is 0 Å². The predicted molar refractivity (Wildman–Crippen MR) is 238 cm³/mol. The summed E-state index contributed by atoms with van der Waals surface area (Å²) >= 11 is 0. The van der Waals surface area contributed by atoms with E-state index in [1.54, 1.807) is 6.07 Å². The lowest BCUT2D eigenvalue weighted by Gasteiger charge is -2.52. The van der Waals surface area contributed by atoms with Crippen molar-refractivity contribution in [2.75, 3.05) is 24.6 Å². The summed E-state index contributed by atoms with van der Waals surface area (Å²) in [6.45, 7) is 2.78. The summed E-state index contributed by atoms with van der Waals surface area (Å²) in [5.41, 5.74) is 6.78. The van der Waals surface area contributed by atoms with E-state index in [-0.39, 0.29) is 53.8 Å². The van der Waals surface area contributed by atoms with E-state index in [1.807, 2.05) is 39.8 Å². The van der Waals surface area contributed by atoms with Crippen LogP contribution in [0.25, 0.3) is 0 Å². The van der Waals surface area contributed by atoms with Crippen LogP contribution < -0.4 is 26.4 Å². The molecule has 4 aliphatic carbocycles. The number of phenolic OH excluding ortho intramolecular Hbond substituents is 1. The number of fused-ring (bicyclic) bond motifs is 10. The van der Waals surface area contributed by atoms with E-state index in [2.05, 4.69) is 27.8 Å². The molecule has 4 heterocycles. The smallest absolute Gasteiger partial charge is 0.302 e. The number of guanidine groups is 1. The second kappa shape index (κ2) is 19.0. The number of hydrogen-bond donors (Lipinski definition) is 8. The number of carbonyl (C=O) groups is 1. The van der Waals surface area contributed by atoms with Gasteiger partial charge in [-0.2, -0.15) is 0 Å². The molecule has 1 aromatic carbocycles. The van der Waals surface area contributed by atoms with Crippen molar-refractivity contribution in [2.45, 2.75) is 164 Å². The van der Waals surface area contributed by atoms with Crippen LogP contribution in [0, 0.1) is 35.0 Å². The van der Waals surface area contributed by atoms with Crippen LogP contribution in [0.5, 0.6) is 11.5 Å². The van der Waals surface area contributed by atoms with Gasteiger partial charge in [0.25, 0.3) is 0 Å². The number of aliphatic hydroxyl groups is 3. The summed E-state index contributed by atoms with van der Waals surface area (Å²) in [5.74, 6) is 9.24. The normalized spacial score (nSPS) is 38.4. The fourth-order valence-electron chi connectivity index (χ4n) is 11.9. The molecule has 60 heavy (non-hydrogen) atoms. The molecule has 12 nitrogen and oxygen atoms in total. The van der Waals surface area contributed by atoms with Gasteiger partial charge in [0.2, 0.25) is 0 Å². The molecule has 3 spiro atoms. The minimum atomic E-state index is -1.02. The maximum Gasteiger partial charge on any atom is 0.302 e. The van der Waals surface area contributed by atoms with Crippen LogP contribution in [-0.2, 0) is 22.6 Å². The first-order valence-electron chi connectivity index (χ1n) is 22.7. The molecule has 4 aliphatic heterocycles. The Labute approximate surface area is 363 Å². The van der Waals surface area contributed by atoms with Gasteiger partial charge in [-0.15, -0.1) is 0 Å². The number of nitrogens with two attached hydrogens (primary N) is 1. The standard InChI is InChI=1S/C46H67N5O7S2/c1-29(53)57-38-24-34(54)11-16-45-15-10-31-20-30-8-9-41(46(25-30)26-35(12-17-49-46)58-39-23-32(21-36(31)38)33(27-52)22-37(39)55)48-18-19-59-60-28-44(13-3-2-4-14-44)51-43(47)50-40(45)6-5-7-42(45)56/h5-6,22-23,30-31,34-36,38,40-42,48-49,52,54-56H,2-4,7-9,11-14,16-21,24-28H2,1H3,(H3,47,50,51)/t30-,31-,34+,35+,36-,38+,40-,41-,42-,45+,46+/m1/s1. The molecule has 0 amide bonds. The lowest BCUT2D eigenvalue weighted by Crippen LogP contribution is -2.66. The zero-order valence-electron chi connectivity index (χ0n) is 35.2. The molecule has 8 bridgehead atoms. The highest BCUT2D eigenvalue weighted by molar-refractivity contribution is 8.76. The zero-order valence-corrected chi connectivity index (χ0v) is 36.8. The van der Waals surface area contributed by atoms with E-state index < -0.39 is 41.7 Å². The largest absolute Gasteiger partial charge is 0.504 e. The van der Waals surface area contributed by atoms with E-state index in [4.69, 9.17) is 20.2 Å². The summed E-state index contributed by atoms with van der Waals surface area (Å²) in [4.78, 5) is 18.1. The van der Waals surface area contributed by atoms with Gasteiger partial charge in [0.15, 0.2) is 17.5 Å². The van der Waals surface area contributed by atoms with Crippen LogP contribution in [-0.4, -0.2) is 105 Å². The quantitative estimate of drug-likeness (QED) is 0.0873. The second-order valence-corrected chi connectivity index (χ2v) is 21.6. The molecule has 2 saturated carbocycles. The summed E-state index contributed by atoms with van der Waals surface area (Å²) in [7, 11) is 3.81. The average molecular weight is 866 g/mol. The van der Waals surface area contributed by atoms with Crippen LogP contribution in [0.4, 0.5) is 0 Å². The first kappa shape index (κ1) is 44.0. The van der Waals surface area contributed by atoms with E-state index >= 15 is 0 Å². The summed E-state index contributed by atoms with van der Waals surface area (Å²) in [6, 6.07) is 3.12. The Hall–Kier alpha value is -2.64. The first-order chi connectivity index (χ1) is 29.0. The van der Waals surface area contributed by atoms with Crippen molar-refractivity contribution in [3.05, 3.63) is 35.4 Å². The molecule has 0 aromatic heterocycles. The number of piperidine rings is 1. The lowest BCUT2D eigenvalue weighted by molar-refractivity contribution is -0.152. The molecular weight excluding hydrogens is 799 g/mol. The Morgan fingerprint density at radius 2 is 1.92 bits per heavy atom. The van der Waals surface area contributed by atoms with Gasteiger partial charge >= 0.3 is 5.97 Å². The number of rotatable bonds is 2. The van der Waals surface area contributed by atoms with Crippen LogP contribution in [0.15, 0.2) is 29.3 Å². The van der Waals surface area contributed by atoms with Crippen molar-refractivity contribution >= 4 is 33.5 Å². The molecule has 0 unspecified atom stereocenters. The Bertz CT molecular complexity index is 1820. The van der Waals surface area contributed by atoms with E-state index in [9.17, 15) is 25.2 Å². The SMILES string of the molecule is CC(=O)O[C@H]1C[C@@H](O)CC[C@@]23C#C[C@@H]4C[C@H]5CC[C@@H](NCCSSCC6(CCCCC6)NC(N)=N[C@@H]2C=CC[C@H]3O)[C@]2(C5)C[C@H](CCN2)Oc2cc(c(CO)cc2O)C[C@H]41. The number of esters is 1. The molecule has 1 aromatic rings. The average Bonchev–Trinajstić information content (AvgIpc) is 3.21.